The molecule has 0 aromatic carbocycles. The highest BCUT2D eigenvalue weighted by atomic mass is 16.6. The fourth-order valence-corrected chi connectivity index (χ4v) is 7.74. The molecular weight excluding hydrogens is 757 g/mol. The van der Waals surface area contributed by atoms with E-state index < -0.39 is 6.10 Å². The monoisotopic (exact) mass is 857 g/mol. The van der Waals surface area contributed by atoms with Crippen LogP contribution in [0.1, 0.15) is 278 Å². The first kappa shape index (κ1) is 58.6. The molecule has 6 heteroatoms. The SMILES string of the molecule is CC\C=C/C=C\C=C/CCCCCCCC(=O)OC(COC(=O)CCCCCCCCCCCCCCC)COC(=O)CCCCCCCCCCCCCCCCCCC. The zero-order chi connectivity index (χ0) is 44.4. The van der Waals surface area contributed by atoms with Gasteiger partial charge in [-0.05, 0) is 38.5 Å². The van der Waals surface area contributed by atoms with Gasteiger partial charge in [-0.3, -0.25) is 14.4 Å². The summed E-state index contributed by atoms with van der Waals surface area (Å²) in [6, 6.07) is 0. The molecule has 0 aliphatic heterocycles. The maximum atomic E-state index is 12.8. The number of ether oxygens (including phenoxy) is 3. The Morgan fingerprint density at radius 1 is 0.344 bits per heavy atom. The van der Waals surface area contributed by atoms with E-state index >= 15 is 0 Å². The third-order valence-corrected chi connectivity index (χ3v) is 11.7. The van der Waals surface area contributed by atoms with Gasteiger partial charge in [0.15, 0.2) is 6.10 Å². The molecule has 0 saturated heterocycles. The van der Waals surface area contributed by atoms with Gasteiger partial charge in [0.2, 0.25) is 0 Å². The maximum Gasteiger partial charge on any atom is 0.306 e. The average molecular weight is 857 g/mol. The van der Waals surface area contributed by atoms with Gasteiger partial charge < -0.3 is 14.2 Å². The Labute approximate surface area is 378 Å². The van der Waals surface area contributed by atoms with Gasteiger partial charge in [0.1, 0.15) is 13.2 Å². The van der Waals surface area contributed by atoms with Crippen molar-refractivity contribution in [1.82, 2.24) is 0 Å². The summed E-state index contributed by atoms with van der Waals surface area (Å²) in [7, 11) is 0. The highest BCUT2D eigenvalue weighted by molar-refractivity contribution is 5.71. The van der Waals surface area contributed by atoms with E-state index in [4.69, 9.17) is 14.2 Å². The first-order valence-electron chi connectivity index (χ1n) is 26.5. The zero-order valence-corrected chi connectivity index (χ0v) is 40.7. The lowest BCUT2D eigenvalue weighted by Crippen LogP contribution is -2.30. The van der Waals surface area contributed by atoms with Crippen LogP contribution in [-0.4, -0.2) is 37.2 Å². The number of carbonyl (C=O) groups excluding carboxylic acids is 3. The third kappa shape index (κ3) is 48.5. The summed E-state index contributed by atoms with van der Waals surface area (Å²) in [5, 5.41) is 0. The number of esters is 3. The Kier molecular flexibility index (Phi) is 48.3. The molecule has 0 aromatic heterocycles. The van der Waals surface area contributed by atoms with Crippen molar-refractivity contribution in [1.29, 1.82) is 0 Å². The summed E-state index contributed by atoms with van der Waals surface area (Å²) in [5.41, 5.74) is 0. The molecule has 0 fully saturated rings. The van der Waals surface area contributed by atoms with Gasteiger partial charge in [-0.25, -0.2) is 0 Å². The van der Waals surface area contributed by atoms with E-state index in [2.05, 4.69) is 57.2 Å². The van der Waals surface area contributed by atoms with Gasteiger partial charge in [-0.1, -0.05) is 256 Å². The number of allylic oxidation sites excluding steroid dienone is 6. The largest absolute Gasteiger partial charge is 0.462 e. The van der Waals surface area contributed by atoms with Crippen molar-refractivity contribution in [2.75, 3.05) is 13.2 Å². The Hall–Kier alpha value is -2.37. The summed E-state index contributed by atoms with van der Waals surface area (Å²) in [5.74, 6) is -0.883. The Bertz CT molecular complexity index is 1030. The lowest BCUT2D eigenvalue weighted by atomic mass is 10.0. The van der Waals surface area contributed by atoms with Crippen molar-refractivity contribution in [2.24, 2.45) is 0 Å². The molecule has 356 valence electrons. The Morgan fingerprint density at radius 2 is 0.639 bits per heavy atom. The minimum atomic E-state index is -0.777. The molecule has 0 aliphatic carbocycles. The second-order valence-corrected chi connectivity index (χ2v) is 17.8. The van der Waals surface area contributed by atoms with E-state index in [9.17, 15) is 14.4 Å². The van der Waals surface area contributed by atoms with Gasteiger partial charge in [-0.15, -0.1) is 0 Å². The van der Waals surface area contributed by atoms with Crippen LogP contribution in [0.3, 0.4) is 0 Å². The van der Waals surface area contributed by atoms with Crippen LogP contribution in [0.15, 0.2) is 36.5 Å². The maximum absolute atomic E-state index is 12.8. The normalized spacial score (nSPS) is 12.2. The van der Waals surface area contributed by atoms with Crippen LogP contribution in [0.25, 0.3) is 0 Å². The predicted octanol–water partition coefficient (Wildman–Crippen LogP) is 17.3. The molecule has 0 spiro atoms. The smallest absolute Gasteiger partial charge is 0.306 e. The minimum Gasteiger partial charge on any atom is -0.462 e. The highest BCUT2D eigenvalue weighted by Crippen LogP contribution is 2.16. The van der Waals surface area contributed by atoms with Crippen molar-refractivity contribution in [3.8, 4) is 0 Å². The molecule has 0 N–H and O–H groups in total. The van der Waals surface area contributed by atoms with E-state index in [0.717, 1.165) is 83.5 Å². The van der Waals surface area contributed by atoms with Gasteiger partial charge in [0.25, 0.3) is 0 Å². The fraction of sp³-hybridized carbons (Fsp3) is 0.836. The second kappa shape index (κ2) is 50.3. The molecule has 0 aromatic rings. The van der Waals surface area contributed by atoms with E-state index in [1.165, 1.54) is 154 Å². The second-order valence-electron chi connectivity index (χ2n) is 17.8. The van der Waals surface area contributed by atoms with Crippen molar-refractivity contribution >= 4 is 17.9 Å². The topological polar surface area (TPSA) is 78.9 Å². The predicted molar refractivity (Wildman–Crippen MR) is 261 cm³/mol. The molecular formula is C55H100O6. The number of hydrogen-bond acceptors (Lipinski definition) is 6. The molecule has 0 bridgehead atoms. The van der Waals surface area contributed by atoms with Crippen LogP contribution in [0.5, 0.6) is 0 Å². The summed E-state index contributed by atoms with van der Waals surface area (Å²) in [6.07, 6.45) is 58.4. The van der Waals surface area contributed by atoms with Crippen LogP contribution >= 0.6 is 0 Å². The molecule has 0 aliphatic rings. The Morgan fingerprint density at radius 3 is 0.984 bits per heavy atom. The van der Waals surface area contributed by atoms with Crippen LogP contribution in [0, 0.1) is 0 Å². The standard InChI is InChI=1S/C55H100O6/c1-4-7-10-13-16-19-22-25-26-27-28-31-33-36-39-42-45-48-54(57)60-51-52(61-55(58)49-46-43-40-37-34-30-24-21-18-15-12-9-6-3)50-59-53(56)47-44-41-38-35-32-29-23-20-17-14-11-8-5-2/h9,12,15,18,21,24,52H,4-8,10-11,13-14,16-17,19-20,22-23,25-51H2,1-3H3/b12-9-,18-15-,24-21-. The van der Waals surface area contributed by atoms with Gasteiger partial charge >= 0.3 is 17.9 Å². The van der Waals surface area contributed by atoms with E-state index in [0.29, 0.717) is 19.3 Å². The number of rotatable bonds is 48. The molecule has 0 amide bonds. The van der Waals surface area contributed by atoms with E-state index in [-0.39, 0.29) is 31.1 Å². The van der Waals surface area contributed by atoms with E-state index in [1.54, 1.807) is 0 Å². The molecule has 1 unspecified atom stereocenters. The quantitative estimate of drug-likeness (QED) is 0.0262. The first-order chi connectivity index (χ1) is 30.0. The van der Waals surface area contributed by atoms with Crippen molar-refractivity contribution in [3.63, 3.8) is 0 Å². The molecule has 0 heterocycles. The van der Waals surface area contributed by atoms with Crippen LogP contribution < -0.4 is 0 Å². The van der Waals surface area contributed by atoms with Crippen LogP contribution in [-0.2, 0) is 28.6 Å². The molecule has 0 saturated carbocycles. The first-order valence-corrected chi connectivity index (χ1v) is 26.5. The molecule has 0 radical (unpaired) electrons. The van der Waals surface area contributed by atoms with Crippen LogP contribution in [0.2, 0.25) is 0 Å². The van der Waals surface area contributed by atoms with Gasteiger partial charge in [0, 0.05) is 19.3 Å². The summed E-state index contributed by atoms with van der Waals surface area (Å²) in [4.78, 5) is 38.0. The summed E-state index contributed by atoms with van der Waals surface area (Å²) < 4.78 is 16.8. The lowest BCUT2D eigenvalue weighted by molar-refractivity contribution is -0.167. The molecule has 6 nitrogen and oxygen atoms in total. The van der Waals surface area contributed by atoms with Crippen LogP contribution in [0.4, 0.5) is 0 Å². The van der Waals surface area contributed by atoms with Gasteiger partial charge in [-0.2, -0.15) is 0 Å². The Balaban J connectivity index is 4.33. The number of carbonyl (C=O) groups is 3. The zero-order valence-electron chi connectivity index (χ0n) is 40.7. The van der Waals surface area contributed by atoms with Crippen molar-refractivity contribution in [2.45, 2.75) is 284 Å². The van der Waals surface area contributed by atoms with Crippen molar-refractivity contribution in [3.05, 3.63) is 36.5 Å². The third-order valence-electron chi connectivity index (χ3n) is 11.7. The number of unbranched alkanes of at least 4 members (excludes halogenated alkanes) is 33. The average Bonchev–Trinajstić information content (AvgIpc) is 3.26. The number of hydrogen-bond donors (Lipinski definition) is 0. The summed E-state index contributed by atoms with van der Waals surface area (Å²) >= 11 is 0. The molecule has 61 heavy (non-hydrogen) atoms. The van der Waals surface area contributed by atoms with Gasteiger partial charge in [0.05, 0.1) is 0 Å². The van der Waals surface area contributed by atoms with E-state index in [1.807, 2.05) is 0 Å². The minimum absolute atomic E-state index is 0.0762. The molecule has 0 rings (SSSR count). The lowest BCUT2D eigenvalue weighted by Gasteiger charge is -2.18. The highest BCUT2D eigenvalue weighted by Gasteiger charge is 2.19. The fourth-order valence-electron chi connectivity index (χ4n) is 7.74. The van der Waals surface area contributed by atoms with Crippen molar-refractivity contribution < 1.29 is 28.6 Å². The summed E-state index contributed by atoms with van der Waals surface area (Å²) in [6.45, 7) is 6.52. The molecule has 1 atom stereocenters.